The van der Waals surface area contributed by atoms with E-state index in [1.807, 2.05) is 37.8 Å². The lowest BCUT2D eigenvalue weighted by Crippen LogP contribution is -2.49. The van der Waals surface area contributed by atoms with Crippen LogP contribution in [-0.2, 0) is 0 Å². The quantitative estimate of drug-likeness (QED) is 0.814. The van der Waals surface area contributed by atoms with E-state index in [-0.39, 0.29) is 11.8 Å². The molecule has 1 spiro atoms. The number of urea groups is 1. The first kappa shape index (κ1) is 18.0. The lowest BCUT2D eigenvalue weighted by atomic mass is 9.56. The molecule has 2 fully saturated rings. The molecular weight excluding hydrogens is 345 g/mol. The van der Waals surface area contributed by atoms with Crippen molar-refractivity contribution < 1.29 is 13.7 Å². The number of hydrogen-bond donors (Lipinski definition) is 1. The molecule has 1 N–H and O–H groups in total. The highest BCUT2D eigenvalue weighted by molar-refractivity contribution is 5.88. The second-order valence-electron chi connectivity index (χ2n) is 8.25. The van der Waals surface area contributed by atoms with Crippen molar-refractivity contribution in [2.24, 2.45) is 5.41 Å². The number of hydrogen-bond acceptors (Lipinski definition) is 3. The van der Waals surface area contributed by atoms with Gasteiger partial charge in [-0.25, -0.2) is 9.18 Å². The first-order valence-corrected chi connectivity index (χ1v) is 9.62. The van der Waals surface area contributed by atoms with E-state index in [2.05, 4.69) is 10.5 Å². The van der Waals surface area contributed by atoms with E-state index in [1.54, 1.807) is 6.07 Å². The van der Waals surface area contributed by atoms with E-state index >= 15 is 0 Å². The van der Waals surface area contributed by atoms with Gasteiger partial charge >= 0.3 is 6.03 Å². The maximum absolute atomic E-state index is 13.5. The Labute approximate surface area is 158 Å². The van der Waals surface area contributed by atoms with Crippen molar-refractivity contribution in [2.75, 3.05) is 18.4 Å². The Kier molecular flexibility index (Phi) is 4.44. The van der Waals surface area contributed by atoms with Gasteiger partial charge in [0.15, 0.2) is 0 Å². The summed E-state index contributed by atoms with van der Waals surface area (Å²) in [5.74, 6) is 0.821. The Balaban J connectivity index is 1.31. The fourth-order valence-electron chi connectivity index (χ4n) is 4.44. The van der Waals surface area contributed by atoms with Crippen LogP contribution in [0.2, 0.25) is 0 Å². The largest absolute Gasteiger partial charge is 0.338 e. The zero-order chi connectivity index (χ0) is 19.2. The average Bonchev–Trinajstić information content (AvgIpc) is 2.94. The number of piperidine rings is 1. The fourth-order valence-corrected chi connectivity index (χ4v) is 4.44. The van der Waals surface area contributed by atoms with Crippen molar-refractivity contribution in [3.8, 4) is 0 Å². The van der Waals surface area contributed by atoms with Crippen LogP contribution < -0.4 is 5.32 Å². The molecule has 1 saturated carbocycles. The van der Waals surface area contributed by atoms with Gasteiger partial charge < -0.3 is 9.42 Å². The monoisotopic (exact) mass is 371 g/mol. The topological polar surface area (TPSA) is 58.4 Å². The second kappa shape index (κ2) is 6.66. The molecule has 1 aromatic heterocycles. The zero-order valence-electron chi connectivity index (χ0n) is 16.1. The molecule has 1 aliphatic carbocycles. The van der Waals surface area contributed by atoms with E-state index in [9.17, 15) is 9.18 Å². The van der Waals surface area contributed by atoms with E-state index in [1.165, 1.54) is 5.56 Å². The Hall–Kier alpha value is -2.37. The Morgan fingerprint density at radius 1 is 1.26 bits per heavy atom. The molecule has 0 unspecified atom stereocenters. The summed E-state index contributed by atoms with van der Waals surface area (Å²) in [4.78, 5) is 14.4. The predicted octanol–water partition coefficient (Wildman–Crippen LogP) is 4.93. The molecule has 2 amide bonds. The number of aromatic nitrogens is 1. The second-order valence-corrected chi connectivity index (χ2v) is 8.25. The highest BCUT2D eigenvalue weighted by Crippen LogP contribution is 2.56. The molecular formula is C21H26FN3O2. The fraction of sp³-hybridized carbons (Fsp3) is 0.524. The van der Waals surface area contributed by atoms with E-state index in [0.29, 0.717) is 17.2 Å². The van der Waals surface area contributed by atoms with Gasteiger partial charge in [0.1, 0.15) is 5.82 Å². The first-order valence-electron chi connectivity index (χ1n) is 9.62. The molecule has 2 heterocycles. The molecule has 27 heavy (non-hydrogen) atoms. The van der Waals surface area contributed by atoms with Crippen molar-refractivity contribution >= 4 is 11.9 Å². The number of halogens is 1. The highest BCUT2D eigenvalue weighted by Gasteiger charge is 2.46. The summed E-state index contributed by atoms with van der Waals surface area (Å²) >= 11 is 0. The minimum absolute atomic E-state index is 0.117. The Morgan fingerprint density at radius 3 is 2.56 bits per heavy atom. The van der Waals surface area contributed by atoms with E-state index < -0.39 is 0 Å². The number of nitrogens with zero attached hydrogens (tertiary/aromatic N) is 2. The maximum atomic E-state index is 13.5. The zero-order valence-corrected chi connectivity index (χ0v) is 16.1. The lowest BCUT2D eigenvalue weighted by Gasteiger charge is -2.52. The van der Waals surface area contributed by atoms with Gasteiger partial charge in [0.05, 0.1) is 5.69 Å². The number of rotatable bonds is 2. The lowest BCUT2D eigenvalue weighted by molar-refractivity contribution is 0.0290. The molecule has 144 valence electrons. The summed E-state index contributed by atoms with van der Waals surface area (Å²) in [6.45, 7) is 7.08. The minimum atomic E-state index is -0.135. The number of carbonyl (C=O) groups is 1. The third-order valence-electron chi connectivity index (χ3n) is 6.50. The van der Waals surface area contributed by atoms with Crippen molar-refractivity contribution in [2.45, 2.75) is 52.4 Å². The van der Waals surface area contributed by atoms with Crippen molar-refractivity contribution in [3.05, 3.63) is 46.4 Å². The van der Waals surface area contributed by atoms with Crippen LogP contribution in [0.5, 0.6) is 0 Å². The molecule has 2 aromatic rings. The van der Waals surface area contributed by atoms with E-state index in [0.717, 1.165) is 55.6 Å². The molecule has 1 saturated heterocycles. The number of amides is 2. The maximum Gasteiger partial charge on any atom is 0.324 e. The first-order chi connectivity index (χ1) is 12.9. The summed E-state index contributed by atoms with van der Waals surface area (Å²) in [6, 6.07) is 5.37. The Bertz CT molecular complexity index is 860. The number of benzene rings is 1. The van der Waals surface area contributed by atoms with Gasteiger partial charge in [-0.3, -0.25) is 5.32 Å². The number of carbonyl (C=O) groups excluding carboxylic acids is 1. The number of nitrogens with one attached hydrogen (secondary N) is 1. The number of aryl methyl sites for hydroxylation is 2. The minimum Gasteiger partial charge on any atom is -0.338 e. The van der Waals surface area contributed by atoms with Gasteiger partial charge in [0, 0.05) is 18.7 Å². The third-order valence-corrected chi connectivity index (χ3v) is 6.50. The molecule has 4 rings (SSSR count). The summed E-state index contributed by atoms with van der Waals surface area (Å²) in [5, 5.41) is 6.71. The normalized spacial score (nSPS) is 19.2. The average molecular weight is 371 g/mol. The van der Waals surface area contributed by atoms with Crippen LogP contribution in [0, 0.1) is 32.0 Å². The summed E-state index contributed by atoms with van der Waals surface area (Å²) in [5.41, 5.74) is 3.96. The van der Waals surface area contributed by atoms with Gasteiger partial charge in [0.2, 0.25) is 5.88 Å². The molecule has 5 nitrogen and oxygen atoms in total. The predicted molar refractivity (Wildman–Crippen MR) is 101 cm³/mol. The molecule has 1 aromatic carbocycles. The van der Waals surface area contributed by atoms with Crippen LogP contribution in [0.25, 0.3) is 0 Å². The van der Waals surface area contributed by atoms with Crippen LogP contribution in [0.1, 0.15) is 54.0 Å². The molecule has 0 atom stereocenters. The molecule has 0 bridgehead atoms. The SMILES string of the molecule is Cc1cc(C2CC3(CCN(C(=O)Nc4onc(C)c4C)CC3)C2)ccc1F. The highest BCUT2D eigenvalue weighted by atomic mass is 19.1. The summed E-state index contributed by atoms with van der Waals surface area (Å²) < 4.78 is 18.7. The summed E-state index contributed by atoms with van der Waals surface area (Å²) in [7, 11) is 0. The van der Waals surface area contributed by atoms with Crippen molar-refractivity contribution in [3.63, 3.8) is 0 Å². The summed E-state index contributed by atoms with van der Waals surface area (Å²) in [6.07, 6.45) is 4.30. The van der Waals surface area contributed by atoms with Gasteiger partial charge in [-0.2, -0.15) is 0 Å². The molecule has 1 aliphatic heterocycles. The molecule has 0 radical (unpaired) electrons. The van der Waals surface area contributed by atoms with Gasteiger partial charge in [-0.1, -0.05) is 17.3 Å². The smallest absolute Gasteiger partial charge is 0.324 e. The third kappa shape index (κ3) is 3.33. The molecule has 6 heteroatoms. The van der Waals surface area contributed by atoms with Gasteiger partial charge in [-0.05, 0) is 75.0 Å². The Morgan fingerprint density at radius 2 is 1.96 bits per heavy atom. The number of likely N-dealkylation sites (tertiary alicyclic amines) is 1. The van der Waals surface area contributed by atoms with Crippen LogP contribution in [0.4, 0.5) is 15.1 Å². The van der Waals surface area contributed by atoms with Crippen molar-refractivity contribution in [1.82, 2.24) is 10.1 Å². The van der Waals surface area contributed by atoms with Crippen LogP contribution in [-0.4, -0.2) is 29.2 Å². The number of anilines is 1. The van der Waals surface area contributed by atoms with Crippen LogP contribution in [0.15, 0.2) is 22.7 Å². The molecule has 2 aliphatic rings. The van der Waals surface area contributed by atoms with Crippen LogP contribution in [0.3, 0.4) is 0 Å². The standard InChI is InChI=1S/C21H26FN3O2/c1-13-10-16(4-5-18(13)22)17-11-21(12-17)6-8-25(9-7-21)20(26)23-19-14(2)15(3)24-27-19/h4-5,10,17H,6-9,11-12H2,1-3H3,(H,23,26). The van der Waals surface area contributed by atoms with Crippen LogP contribution >= 0.6 is 0 Å². The van der Waals surface area contributed by atoms with E-state index in [4.69, 9.17) is 4.52 Å². The van der Waals surface area contributed by atoms with Crippen molar-refractivity contribution in [1.29, 1.82) is 0 Å². The van der Waals surface area contributed by atoms with Gasteiger partial charge in [-0.15, -0.1) is 0 Å². The van der Waals surface area contributed by atoms with Gasteiger partial charge in [0.25, 0.3) is 0 Å².